The number of amides is 2. The highest BCUT2D eigenvalue weighted by molar-refractivity contribution is 5.89. The van der Waals surface area contributed by atoms with Gasteiger partial charge in [0.05, 0.1) is 18.2 Å². The molecule has 9 nitrogen and oxygen atoms in total. The fourth-order valence-corrected chi connectivity index (χ4v) is 3.88. The number of piperidine rings is 2. The number of hydrogen-bond acceptors (Lipinski definition) is 7. The summed E-state index contributed by atoms with van der Waals surface area (Å²) in [6.07, 6.45) is 0.795. The standard InChI is InChI=1S/C23H33N3O6/c1-23(2,3)31-22(30)26-15-18(27)9-10-19(26)20(28)24-17-11-13-25(14-12-17)32-21(29)16-7-5-4-6-8-16/h4-8,17-19,27H,9-15H2,1-3H3,(H,24,28)/t18-,19-/m0/s1. The summed E-state index contributed by atoms with van der Waals surface area (Å²) in [5.41, 5.74) is -0.200. The maximum atomic E-state index is 13.0. The van der Waals surface area contributed by atoms with Gasteiger partial charge in [0.25, 0.3) is 0 Å². The third kappa shape index (κ3) is 6.67. The number of ether oxygens (including phenoxy) is 1. The number of aliphatic hydroxyl groups is 1. The van der Waals surface area contributed by atoms with Crippen LogP contribution < -0.4 is 5.32 Å². The first kappa shape index (κ1) is 24.0. The van der Waals surface area contributed by atoms with Crippen LogP contribution in [0.1, 0.15) is 56.8 Å². The number of carbonyl (C=O) groups is 3. The molecule has 2 amide bonds. The first-order chi connectivity index (χ1) is 15.1. The second-order valence-corrected chi connectivity index (χ2v) is 9.34. The molecule has 2 saturated heterocycles. The molecule has 2 N–H and O–H groups in total. The smallest absolute Gasteiger partial charge is 0.411 e. The molecule has 2 atom stereocenters. The van der Waals surface area contributed by atoms with E-state index < -0.39 is 29.8 Å². The molecule has 2 heterocycles. The molecule has 0 bridgehead atoms. The van der Waals surface area contributed by atoms with Crippen molar-refractivity contribution in [1.82, 2.24) is 15.3 Å². The Balaban J connectivity index is 1.50. The van der Waals surface area contributed by atoms with E-state index in [1.165, 1.54) is 4.90 Å². The maximum absolute atomic E-state index is 13.0. The van der Waals surface area contributed by atoms with Crippen LogP contribution in [0.2, 0.25) is 0 Å². The first-order valence-electron chi connectivity index (χ1n) is 11.1. The third-order valence-corrected chi connectivity index (χ3v) is 5.51. The minimum Gasteiger partial charge on any atom is -0.444 e. The summed E-state index contributed by atoms with van der Waals surface area (Å²) in [4.78, 5) is 44.5. The van der Waals surface area contributed by atoms with Crippen LogP contribution in [0.3, 0.4) is 0 Å². The number of likely N-dealkylation sites (tertiary alicyclic amines) is 1. The molecule has 2 aliphatic rings. The van der Waals surface area contributed by atoms with E-state index in [2.05, 4.69) is 5.32 Å². The van der Waals surface area contributed by atoms with Crippen molar-refractivity contribution in [3.05, 3.63) is 35.9 Å². The van der Waals surface area contributed by atoms with Crippen LogP contribution in [0, 0.1) is 0 Å². The fraction of sp³-hybridized carbons (Fsp3) is 0.609. The summed E-state index contributed by atoms with van der Waals surface area (Å²) < 4.78 is 5.42. The zero-order valence-corrected chi connectivity index (χ0v) is 19.0. The molecule has 0 aliphatic carbocycles. The summed E-state index contributed by atoms with van der Waals surface area (Å²) in [6, 6.07) is 8.04. The summed E-state index contributed by atoms with van der Waals surface area (Å²) in [5, 5.41) is 14.6. The molecule has 9 heteroatoms. The predicted molar refractivity (Wildman–Crippen MR) is 117 cm³/mol. The van der Waals surface area contributed by atoms with Gasteiger partial charge in [0.15, 0.2) is 0 Å². The van der Waals surface area contributed by atoms with Crippen molar-refractivity contribution in [1.29, 1.82) is 0 Å². The topological polar surface area (TPSA) is 108 Å². The van der Waals surface area contributed by atoms with Crippen LogP contribution >= 0.6 is 0 Å². The van der Waals surface area contributed by atoms with Gasteiger partial charge in [0.1, 0.15) is 11.6 Å². The SMILES string of the molecule is CC(C)(C)OC(=O)N1C[C@@H](O)CC[C@H]1C(=O)NC1CCN(OC(=O)c2ccccc2)CC1. The van der Waals surface area contributed by atoms with Crippen LogP contribution in [-0.2, 0) is 14.4 Å². The number of rotatable bonds is 4. The quantitative estimate of drug-likeness (QED) is 0.728. The molecule has 3 rings (SSSR count). The van der Waals surface area contributed by atoms with Crippen LogP contribution in [0.5, 0.6) is 0 Å². The Hall–Kier alpha value is -2.65. The van der Waals surface area contributed by atoms with Crippen LogP contribution in [0.15, 0.2) is 30.3 Å². The highest BCUT2D eigenvalue weighted by Gasteiger charge is 2.38. The minimum atomic E-state index is -0.690. The third-order valence-electron chi connectivity index (χ3n) is 5.51. The van der Waals surface area contributed by atoms with E-state index in [9.17, 15) is 19.5 Å². The van der Waals surface area contributed by atoms with Gasteiger partial charge in [-0.05, 0) is 58.6 Å². The van der Waals surface area contributed by atoms with Gasteiger partial charge in [-0.15, -0.1) is 5.06 Å². The average Bonchev–Trinajstić information content (AvgIpc) is 2.74. The summed E-state index contributed by atoms with van der Waals surface area (Å²) in [5.74, 6) is -0.649. The molecule has 1 aromatic carbocycles. The second kappa shape index (κ2) is 10.3. The molecule has 176 valence electrons. The van der Waals surface area contributed by atoms with E-state index in [4.69, 9.17) is 9.57 Å². The zero-order valence-electron chi connectivity index (χ0n) is 19.0. The van der Waals surface area contributed by atoms with Gasteiger partial charge >= 0.3 is 12.1 Å². The van der Waals surface area contributed by atoms with Crippen LogP contribution in [-0.4, -0.2) is 76.5 Å². The van der Waals surface area contributed by atoms with Crippen molar-refractivity contribution < 1.29 is 29.1 Å². The second-order valence-electron chi connectivity index (χ2n) is 9.34. The van der Waals surface area contributed by atoms with Crippen molar-refractivity contribution in [3.8, 4) is 0 Å². The van der Waals surface area contributed by atoms with Crippen molar-refractivity contribution in [2.75, 3.05) is 19.6 Å². The molecule has 2 fully saturated rings. The van der Waals surface area contributed by atoms with Crippen molar-refractivity contribution >= 4 is 18.0 Å². The molecule has 0 aromatic heterocycles. The van der Waals surface area contributed by atoms with Gasteiger partial charge < -0.3 is 20.0 Å². The van der Waals surface area contributed by atoms with E-state index in [0.29, 0.717) is 44.3 Å². The zero-order chi connectivity index (χ0) is 23.3. The number of nitrogens with one attached hydrogen (secondary N) is 1. The lowest BCUT2D eigenvalue weighted by Gasteiger charge is -2.39. The Morgan fingerprint density at radius 2 is 1.69 bits per heavy atom. The number of hydrogen-bond donors (Lipinski definition) is 2. The molecule has 1 aromatic rings. The highest BCUT2D eigenvalue weighted by atomic mass is 16.7. The van der Waals surface area contributed by atoms with Crippen LogP contribution in [0.25, 0.3) is 0 Å². The Kier molecular flexibility index (Phi) is 7.73. The van der Waals surface area contributed by atoms with Gasteiger partial charge in [0, 0.05) is 19.1 Å². The lowest BCUT2D eigenvalue weighted by Crippen LogP contribution is -2.58. The Bertz CT molecular complexity index is 802. The van der Waals surface area contributed by atoms with Crippen molar-refractivity contribution in [2.45, 2.75) is 70.2 Å². The predicted octanol–water partition coefficient (Wildman–Crippen LogP) is 2.10. The minimum absolute atomic E-state index is 0.0703. The molecule has 0 saturated carbocycles. The number of aliphatic hydroxyl groups excluding tert-OH is 1. The molecule has 0 spiro atoms. The molecule has 2 aliphatic heterocycles. The number of nitrogens with zero attached hydrogens (tertiary/aromatic N) is 2. The highest BCUT2D eigenvalue weighted by Crippen LogP contribution is 2.22. The van der Waals surface area contributed by atoms with Gasteiger partial charge in [-0.2, -0.15) is 0 Å². The van der Waals surface area contributed by atoms with E-state index in [1.807, 2.05) is 6.07 Å². The van der Waals surface area contributed by atoms with Crippen molar-refractivity contribution in [3.63, 3.8) is 0 Å². The van der Waals surface area contributed by atoms with Gasteiger partial charge in [-0.25, -0.2) is 9.59 Å². The average molecular weight is 448 g/mol. The Morgan fingerprint density at radius 1 is 1.03 bits per heavy atom. The van der Waals surface area contributed by atoms with Crippen LogP contribution in [0.4, 0.5) is 4.79 Å². The molecule has 32 heavy (non-hydrogen) atoms. The molecule has 0 radical (unpaired) electrons. The monoisotopic (exact) mass is 447 g/mol. The number of β-amino-alcohol motifs (C(OH)–C–C–N with tert-alkyl or cyclic N) is 1. The van der Waals surface area contributed by atoms with E-state index in [-0.39, 0.29) is 18.5 Å². The summed E-state index contributed by atoms with van der Waals surface area (Å²) in [6.45, 7) is 6.36. The molecular formula is C23H33N3O6. The number of benzene rings is 1. The Labute approximate surface area is 188 Å². The maximum Gasteiger partial charge on any atom is 0.411 e. The largest absolute Gasteiger partial charge is 0.444 e. The molecular weight excluding hydrogens is 414 g/mol. The van der Waals surface area contributed by atoms with Gasteiger partial charge in [-0.3, -0.25) is 9.69 Å². The van der Waals surface area contributed by atoms with Crippen molar-refractivity contribution in [2.24, 2.45) is 0 Å². The first-order valence-corrected chi connectivity index (χ1v) is 11.1. The normalized spacial score (nSPS) is 22.8. The van der Waals surface area contributed by atoms with Gasteiger partial charge in [-0.1, -0.05) is 18.2 Å². The van der Waals surface area contributed by atoms with E-state index >= 15 is 0 Å². The molecule has 0 unspecified atom stereocenters. The van der Waals surface area contributed by atoms with E-state index in [0.717, 1.165) is 0 Å². The van der Waals surface area contributed by atoms with Gasteiger partial charge in [0.2, 0.25) is 5.91 Å². The number of hydroxylamine groups is 2. The summed E-state index contributed by atoms with van der Waals surface area (Å²) in [7, 11) is 0. The lowest BCUT2D eigenvalue weighted by molar-refractivity contribution is -0.135. The lowest BCUT2D eigenvalue weighted by atomic mass is 9.98. The summed E-state index contributed by atoms with van der Waals surface area (Å²) >= 11 is 0. The fourth-order valence-electron chi connectivity index (χ4n) is 3.88. The Morgan fingerprint density at radius 3 is 2.31 bits per heavy atom. The van der Waals surface area contributed by atoms with E-state index in [1.54, 1.807) is 50.1 Å². The number of carbonyl (C=O) groups excluding carboxylic acids is 3.